The highest BCUT2D eigenvalue weighted by atomic mass is 35.6. The lowest BCUT2D eigenvalue weighted by molar-refractivity contribution is -0.113. The van der Waals surface area contributed by atoms with E-state index < -0.39 is 9.58 Å². The number of hydrogen-bond donors (Lipinski definition) is 0. The normalized spacial score (nSPS) is 19.4. The second-order valence-electron chi connectivity index (χ2n) is 5.24. The summed E-state index contributed by atoms with van der Waals surface area (Å²) in [4.78, 5) is 13.9. The lowest BCUT2D eigenvalue weighted by Gasteiger charge is -2.24. The Bertz CT molecular complexity index is 602. The van der Waals surface area contributed by atoms with Gasteiger partial charge < -0.3 is 4.90 Å². The van der Waals surface area contributed by atoms with E-state index in [-0.39, 0.29) is 5.41 Å². The number of nitrogens with zero attached hydrogens (tertiary/aromatic N) is 1. The van der Waals surface area contributed by atoms with Crippen molar-refractivity contribution < 1.29 is 4.79 Å². The molecule has 0 aromatic heterocycles. The minimum absolute atomic E-state index is 0.388. The third kappa shape index (κ3) is 2.67. The number of hydrogen-bond acceptors (Lipinski definition) is 2. The van der Waals surface area contributed by atoms with E-state index in [2.05, 4.69) is 0 Å². The Kier molecular flexibility index (Phi) is 4.07. The molecule has 0 bridgehead atoms. The largest absolute Gasteiger partial charge is 0.347 e. The molecule has 1 aliphatic rings. The number of allylic oxidation sites excluding steroid dienone is 2. The summed E-state index contributed by atoms with van der Waals surface area (Å²) in [5.74, 6) is -0.559. The molecule has 2 nitrogen and oxygen atoms in total. The van der Waals surface area contributed by atoms with Crippen LogP contribution in [0.25, 0.3) is 0 Å². The van der Waals surface area contributed by atoms with Crippen molar-refractivity contribution in [1.82, 2.24) is 0 Å². The first-order valence-corrected chi connectivity index (χ1v) is 7.43. The minimum atomic E-state index is -1.95. The van der Waals surface area contributed by atoms with Crippen molar-refractivity contribution >= 4 is 57.9 Å². The number of fused-ring (bicyclic) bond motifs is 1. The molecule has 0 amide bonds. The van der Waals surface area contributed by atoms with Gasteiger partial charge in [-0.2, -0.15) is 0 Å². The maximum Gasteiger partial charge on any atom is 0.252 e. The highest BCUT2D eigenvalue weighted by Crippen LogP contribution is 2.48. The molecule has 108 valence electrons. The first-order chi connectivity index (χ1) is 9.05. The van der Waals surface area contributed by atoms with Gasteiger partial charge in [0.1, 0.15) is 0 Å². The fourth-order valence-electron chi connectivity index (χ4n) is 2.47. The molecule has 0 saturated carbocycles. The summed E-state index contributed by atoms with van der Waals surface area (Å²) in [5, 5.41) is 0.652. The lowest BCUT2D eigenvalue weighted by atomic mass is 9.83. The number of benzene rings is 1. The van der Waals surface area contributed by atoms with Crippen LogP contribution in [-0.4, -0.2) is 16.6 Å². The van der Waals surface area contributed by atoms with Crippen LogP contribution >= 0.6 is 46.4 Å². The standard InChI is InChI=1S/C14H13Cl4NO/c1-13(2)9-6-8(15)4-5-10(9)19(3)11(13)7-12(20)14(16,17)18/h4-7H,1-3H3. The molecule has 0 fully saturated rings. The number of likely N-dealkylation sites (N-methyl/N-ethyl adjacent to an activating group) is 1. The van der Waals surface area contributed by atoms with Crippen molar-refractivity contribution in [2.75, 3.05) is 11.9 Å². The van der Waals surface area contributed by atoms with E-state index in [0.717, 1.165) is 16.9 Å². The van der Waals surface area contributed by atoms with E-state index in [4.69, 9.17) is 46.4 Å². The Balaban J connectivity index is 2.54. The Hall–Kier alpha value is -0.410. The first-order valence-electron chi connectivity index (χ1n) is 5.92. The van der Waals surface area contributed by atoms with Gasteiger partial charge >= 0.3 is 0 Å². The Morgan fingerprint density at radius 2 is 1.90 bits per heavy atom. The van der Waals surface area contributed by atoms with Gasteiger partial charge in [0.2, 0.25) is 5.78 Å². The second kappa shape index (κ2) is 5.10. The van der Waals surface area contributed by atoms with E-state index in [1.165, 1.54) is 6.08 Å². The third-order valence-electron chi connectivity index (χ3n) is 3.54. The molecule has 0 aliphatic carbocycles. The lowest BCUT2D eigenvalue weighted by Crippen LogP contribution is -2.26. The van der Waals surface area contributed by atoms with Crippen LogP contribution in [0.5, 0.6) is 0 Å². The van der Waals surface area contributed by atoms with Crippen LogP contribution in [0.15, 0.2) is 30.0 Å². The predicted molar refractivity (Wildman–Crippen MR) is 86.3 cm³/mol. The van der Waals surface area contributed by atoms with Gasteiger partial charge in [0, 0.05) is 34.9 Å². The van der Waals surface area contributed by atoms with Crippen LogP contribution in [0.2, 0.25) is 5.02 Å². The molecule has 0 radical (unpaired) electrons. The van der Waals surface area contributed by atoms with Crippen molar-refractivity contribution in [3.8, 4) is 0 Å². The summed E-state index contributed by atoms with van der Waals surface area (Å²) in [6, 6.07) is 5.63. The molecule has 0 N–H and O–H groups in total. The van der Waals surface area contributed by atoms with Gasteiger partial charge in [-0.05, 0) is 23.8 Å². The Morgan fingerprint density at radius 1 is 1.30 bits per heavy atom. The van der Waals surface area contributed by atoms with E-state index in [9.17, 15) is 4.79 Å². The molecular formula is C14H13Cl4NO. The summed E-state index contributed by atoms with van der Waals surface area (Å²) in [7, 11) is 1.87. The van der Waals surface area contributed by atoms with Crippen molar-refractivity contribution in [1.29, 1.82) is 0 Å². The molecule has 0 saturated heterocycles. The first kappa shape index (κ1) is 16.0. The molecule has 0 atom stereocenters. The number of alkyl halides is 3. The number of carbonyl (C=O) groups is 1. The molecule has 0 unspecified atom stereocenters. The summed E-state index contributed by atoms with van der Waals surface area (Å²) >= 11 is 23.0. The van der Waals surface area contributed by atoms with Gasteiger partial charge in [0.25, 0.3) is 3.79 Å². The highest BCUT2D eigenvalue weighted by Gasteiger charge is 2.40. The van der Waals surface area contributed by atoms with E-state index in [1.54, 1.807) is 0 Å². The molecule has 1 aromatic rings. The quantitative estimate of drug-likeness (QED) is 0.529. The fourth-order valence-corrected chi connectivity index (χ4v) is 2.81. The zero-order valence-electron chi connectivity index (χ0n) is 11.2. The topological polar surface area (TPSA) is 20.3 Å². The zero-order chi connectivity index (χ0) is 15.3. The van der Waals surface area contributed by atoms with E-state index in [0.29, 0.717) is 5.02 Å². The summed E-state index contributed by atoms with van der Waals surface area (Å²) in [5.41, 5.74) is 2.41. The van der Waals surface area contributed by atoms with Crippen LogP contribution < -0.4 is 4.90 Å². The highest BCUT2D eigenvalue weighted by molar-refractivity contribution is 6.77. The van der Waals surface area contributed by atoms with Gasteiger partial charge in [0.05, 0.1) is 0 Å². The van der Waals surface area contributed by atoms with Crippen molar-refractivity contribution in [2.45, 2.75) is 23.1 Å². The Morgan fingerprint density at radius 3 is 2.45 bits per heavy atom. The molecular weight excluding hydrogens is 340 g/mol. The van der Waals surface area contributed by atoms with Gasteiger partial charge in [-0.1, -0.05) is 60.3 Å². The van der Waals surface area contributed by atoms with Crippen LogP contribution in [0.4, 0.5) is 5.69 Å². The van der Waals surface area contributed by atoms with Gasteiger partial charge in [-0.15, -0.1) is 0 Å². The maximum atomic E-state index is 11.9. The molecule has 6 heteroatoms. The summed E-state index contributed by atoms with van der Waals surface area (Å²) < 4.78 is -1.95. The van der Waals surface area contributed by atoms with E-state index in [1.807, 2.05) is 44.0 Å². The Labute approximate surface area is 138 Å². The summed E-state index contributed by atoms with van der Waals surface area (Å²) in [6.07, 6.45) is 1.39. The number of rotatable bonds is 1. The number of anilines is 1. The van der Waals surface area contributed by atoms with Crippen LogP contribution in [-0.2, 0) is 10.2 Å². The molecule has 1 aliphatic heterocycles. The minimum Gasteiger partial charge on any atom is -0.347 e. The van der Waals surface area contributed by atoms with Gasteiger partial charge in [-0.3, -0.25) is 4.79 Å². The van der Waals surface area contributed by atoms with Crippen LogP contribution in [0.1, 0.15) is 19.4 Å². The van der Waals surface area contributed by atoms with Gasteiger partial charge in [0.15, 0.2) is 0 Å². The molecule has 1 heterocycles. The van der Waals surface area contributed by atoms with E-state index >= 15 is 0 Å². The summed E-state index contributed by atoms with van der Waals surface area (Å²) in [6.45, 7) is 4.01. The van der Waals surface area contributed by atoms with Crippen LogP contribution in [0, 0.1) is 0 Å². The van der Waals surface area contributed by atoms with Crippen molar-refractivity contribution in [2.24, 2.45) is 0 Å². The smallest absolute Gasteiger partial charge is 0.252 e. The zero-order valence-corrected chi connectivity index (χ0v) is 14.2. The average Bonchev–Trinajstić information content (AvgIpc) is 2.49. The monoisotopic (exact) mass is 351 g/mol. The fraction of sp³-hybridized carbons (Fsp3) is 0.357. The number of halogens is 4. The van der Waals surface area contributed by atoms with Crippen molar-refractivity contribution in [3.05, 3.63) is 40.6 Å². The van der Waals surface area contributed by atoms with Gasteiger partial charge in [-0.25, -0.2) is 0 Å². The predicted octanol–water partition coefficient (Wildman–Crippen LogP) is 4.89. The number of ketones is 1. The van der Waals surface area contributed by atoms with Crippen molar-refractivity contribution in [3.63, 3.8) is 0 Å². The molecule has 0 spiro atoms. The molecule has 20 heavy (non-hydrogen) atoms. The third-order valence-corrected chi connectivity index (χ3v) is 4.34. The molecule has 1 aromatic carbocycles. The molecule has 2 rings (SSSR count). The SMILES string of the molecule is CN1C(=CC(=O)C(Cl)(Cl)Cl)C(C)(C)c2cc(Cl)ccc21. The maximum absolute atomic E-state index is 11.9. The average molecular weight is 353 g/mol. The van der Waals surface area contributed by atoms with Crippen LogP contribution in [0.3, 0.4) is 0 Å². The number of carbonyl (C=O) groups excluding carboxylic acids is 1. The second-order valence-corrected chi connectivity index (χ2v) is 7.95.